The number of benzene rings is 1. The Kier molecular flexibility index (Phi) is 3.42. The van der Waals surface area contributed by atoms with E-state index >= 15 is 0 Å². The SMILES string of the molecule is CN(C)C(=O)C1=Cc2ccccc2C=CC1C=O. The summed E-state index contributed by atoms with van der Waals surface area (Å²) in [6.07, 6.45) is 6.26. The van der Waals surface area contributed by atoms with Gasteiger partial charge in [-0.3, -0.25) is 4.79 Å². The van der Waals surface area contributed by atoms with Crippen molar-refractivity contribution in [3.05, 3.63) is 47.0 Å². The fourth-order valence-electron chi connectivity index (χ4n) is 1.95. The van der Waals surface area contributed by atoms with Gasteiger partial charge in [-0.15, -0.1) is 0 Å². The summed E-state index contributed by atoms with van der Waals surface area (Å²) in [5.41, 5.74) is 2.49. The largest absolute Gasteiger partial charge is 0.345 e. The first-order valence-corrected chi connectivity index (χ1v) is 5.79. The van der Waals surface area contributed by atoms with Gasteiger partial charge in [-0.1, -0.05) is 36.4 Å². The van der Waals surface area contributed by atoms with Gasteiger partial charge < -0.3 is 9.69 Å². The van der Waals surface area contributed by atoms with Gasteiger partial charge in [-0.2, -0.15) is 0 Å². The van der Waals surface area contributed by atoms with E-state index in [-0.39, 0.29) is 5.91 Å². The molecule has 0 spiro atoms. The molecule has 0 N–H and O–H groups in total. The molecule has 1 aromatic rings. The first kappa shape index (κ1) is 12.3. The second-order valence-corrected chi connectivity index (χ2v) is 4.45. The number of allylic oxidation sites excluding steroid dienone is 1. The molecule has 1 amide bonds. The van der Waals surface area contributed by atoms with Crippen LogP contribution in [-0.2, 0) is 9.59 Å². The van der Waals surface area contributed by atoms with E-state index in [4.69, 9.17) is 0 Å². The minimum atomic E-state index is -0.479. The predicted molar refractivity (Wildman–Crippen MR) is 71.7 cm³/mol. The van der Waals surface area contributed by atoms with E-state index < -0.39 is 5.92 Å². The Bertz CT molecular complexity index is 541. The van der Waals surface area contributed by atoms with Gasteiger partial charge in [0.05, 0.1) is 5.92 Å². The summed E-state index contributed by atoms with van der Waals surface area (Å²) in [5.74, 6) is -0.610. The number of amides is 1. The van der Waals surface area contributed by atoms with Gasteiger partial charge in [0, 0.05) is 19.7 Å². The van der Waals surface area contributed by atoms with Crippen molar-refractivity contribution in [2.75, 3.05) is 14.1 Å². The number of hydrogen-bond donors (Lipinski definition) is 0. The van der Waals surface area contributed by atoms with Gasteiger partial charge in [-0.05, 0) is 17.2 Å². The lowest BCUT2D eigenvalue weighted by atomic mass is 9.98. The maximum Gasteiger partial charge on any atom is 0.250 e. The molecule has 0 fully saturated rings. The van der Waals surface area contributed by atoms with Gasteiger partial charge in [0.25, 0.3) is 0 Å². The van der Waals surface area contributed by atoms with E-state index in [9.17, 15) is 9.59 Å². The highest BCUT2D eigenvalue weighted by Crippen LogP contribution is 2.25. The van der Waals surface area contributed by atoms with Crippen LogP contribution in [0.5, 0.6) is 0 Å². The molecule has 18 heavy (non-hydrogen) atoms. The van der Waals surface area contributed by atoms with E-state index in [1.165, 1.54) is 4.90 Å². The average Bonchev–Trinajstić information content (AvgIpc) is 2.56. The van der Waals surface area contributed by atoms with Crippen LogP contribution >= 0.6 is 0 Å². The zero-order valence-corrected chi connectivity index (χ0v) is 10.5. The number of aldehydes is 1. The molecule has 3 nitrogen and oxygen atoms in total. The fraction of sp³-hybridized carbons (Fsp3) is 0.200. The van der Waals surface area contributed by atoms with Crippen molar-refractivity contribution in [1.29, 1.82) is 0 Å². The van der Waals surface area contributed by atoms with Crippen molar-refractivity contribution in [1.82, 2.24) is 4.90 Å². The Balaban J connectivity index is 2.54. The summed E-state index contributed by atoms with van der Waals surface area (Å²) in [5, 5.41) is 0. The lowest BCUT2D eigenvalue weighted by molar-refractivity contribution is -0.126. The molecule has 1 aliphatic rings. The number of hydrogen-bond acceptors (Lipinski definition) is 2. The van der Waals surface area contributed by atoms with Gasteiger partial charge in [-0.25, -0.2) is 0 Å². The molecule has 0 radical (unpaired) electrons. The lowest BCUT2D eigenvalue weighted by Crippen LogP contribution is -2.26. The topological polar surface area (TPSA) is 37.4 Å². The Hall–Kier alpha value is -2.16. The van der Waals surface area contributed by atoms with Crippen LogP contribution < -0.4 is 0 Å². The number of rotatable bonds is 2. The van der Waals surface area contributed by atoms with E-state index in [1.807, 2.05) is 30.3 Å². The third kappa shape index (κ3) is 2.25. The highest BCUT2D eigenvalue weighted by Gasteiger charge is 2.21. The van der Waals surface area contributed by atoms with E-state index in [0.717, 1.165) is 17.4 Å². The molecule has 0 saturated carbocycles. The van der Waals surface area contributed by atoms with Crippen molar-refractivity contribution < 1.29 is 9.59 Å². The molecule has 92 valence electrons. The number of nitrogens with zero attached hydrogens (tertiary/aromatic N) is 1. The molecule has 1 atom stereocenters. The maximum atomic E-state index is 12.1. The van der Waals surface area contributed by atoms with Gasteiger partial charge in [0.15, 0.2) is 0 Å². The van der Waals surface area contributed by atoms with Crippen LogP contribution in [0.15, 0.2) is 35.9 Å². The third-order valence-electron chi connectivity index (χ3n) is 2.95. The Morgan fingerprint density at radius 2 is 1.89 bits per heavy atom. The molecule has 1 unspecified atom stereocenters. The molecule has 0 heterocycles. The molecule has 0 aromatic heterocycles. The number of carbonyl (C=O) groups excluding carboxylic acids is 2. The van der Waals surface area contributed by atoms with Crippen molar-refractivity contribution in [2.24, 2.45) is 5.92 Å². The Labute approximate surface area is 106 Å². The van der Waals surface area contributed by atoms with Crippen molar-refractivity contribution in [3.8, 4) is 0 Å². The summed E-state index contributed by atoms with van der Waals surface area (Å²) in [6, 6.07) is 7.76. The maximum absolute atomic E-state index is 12.1. The zero-order valence-electron chi connectivity index (χ0n) is 10.5. The van der Waals surface area contributed by atoms with Crippen LogP contribution in [-0.4, -0.2) is 31.2 Å². The minimum absolute atomic E-state index is 0.131. The van der Waals surface area contributed by atoms with Crippen LogP contribution in [0.3, 0.4) is 0 Å². The van der Waals surface area contributed by atoms with Crippen LogP contribution in [0, 0.1) is 5.92 Å². The highest BCUT2D eigenvalue weighted by atomic mass is 16.2. The van der Waals surface area contributed by atoms with E-state index in [0.29, 0.717) is 5.57 Å². The predicted octanol–water partition coefficient (Wildman–Crippen LogP) is 2.00. The smallest absolute Gasteiger partial charge is 0.250 e. The van der Waals surface area contributed by atoms with Crippen molar-refractivity contribution in [3.63, 3.8) is 0 Å². The summed E-state index contributed by atoms with van der Waals surface area (Å²) in [6.45, 7) is 0. The monoisotopic (exact) mass is 241 g/mol. The molecule has 0 aliphatic heterocycles. The van der Waals surface area contributed by atoms with Gasteiger partial charge >= 0.3 is 0 Å². The lowest BCUT2D eigenvalue weighted by Gasteiger charge is -2.15. The number of carbonyl (C=O) groups is 2. The molecule has 3 heteroatoms. The third-order valence-corrected chi connectivity index (χ3v) is 2.95. The first-order valence-electron chi connectivity index (χ1n) is 5.79. The van der Waals surface area contributed by atoms with Gasteiger partial charge in [0.2, 0.25) is 5.91 Å². The van der Waals surface area contributed by atoms with E-state index in [1.54, 1.807) is 26.2 Å². The summed E-state index contributed by atoms with van der Waals surface area (Å²) in [7, 11) is 3.37. The average molecular weight is 241 g/mol. The molecular formula is C15H15NO2. The minimum Gasteiger partial charge on any atom is -0.345 e. The van der Waals surface area contributed by atoms with Crippen LogP contribution in [0.25, 0.3) is 12.2 Å². The van der Waals surface area contributed by atoms with Crippen LogP contribution in [0.1, 0.15) is 11.1 Å². The molecule has 2 rings (SSSR count). The van der Waals surface area contributed by atoms with Crippen molar-refractivity contribution in [2.45, 2.75) is 0 Å². The van der Waals surface area contributed by atoms with Crippen LogP contribution in [0.4, 0.5) is 0 Å². The molecule has 0 bridgehead atoms. The molecule has 1 aliphatic carbocycles. The first-order chi connectivity index (χ1) is 8.63. The number of likely N-dealkylation sites (N-methyl/N-ethyl adjacent to an activating group) is 1. The fourth-order valence-corrected chi connectivity index (χ4v) is 1.95. The van der Waals surface area contributed by atoms with Gasteiger partial charge in [0.1, 0.15) is 6.29 Å². The Morgan fingerprint density at radius 1 is 1.22 bits per heavy atom. The second kappa shape index (κ2) is 5.00. The van der Waals surface area contributed by atoms with Crippen LogP contribution in [0.2, 0.25) is 0 Å². The highest BCUT2D eigenvalue weighted by molar-refractivity contribution is 6.02. The standard InChI is InChI=1S/C15H15NO2/c1-16(2)15(18)14-9-12-6-4-3-5-11(12)7-8-13(14)10-17/h3-10,13H,1-2H3. The number of fused-ring (bicyclic) bond motifs is 1. The summed E-state index contributed by atoms with van der Waals surface area (Å²) >= 11 is 0. The zero-order chi connectivity index (χ0) is 13.1. The van der Waals surface area contributed by atoms with E-state index in [2.05, 4.69) is 0 Å². The molecule has 0 saturated heterocycles. The quantitative estimate of drug-likeness (QED) is 0.743. The van der Waals surface area contributed by atoms with Crippen molar-refractivity contribution >= 4 is 24.3 Å². The Morgan fingerprint density at radius 3 is 2.50 bits per heavy atom. The molecule has 1 aromatic carbocycles. The molecular weight excluding hydrogens is 226 g/mol. The summed E-state index contributed by atoms with van der Waals surface area (Å²) < 4.78 is 0. The normalized spacial score (nSPS) is 17.4. The summed E-state index contributed by atoms with van der Waals surface area (Å²) in [4.78, 5) is 24.7. The second-order valence-electron chi connectivity index (χ2n) is 4.45.